The van der Waals surface area contributed by atoms with E-state index in [-0.39, 0.29) is 29.6 Å². The fraction of sp³-hybridized carbons (Fsp3) is 0.227. The van der Waals surface area contributed by atoms with Gasteiger partial charge in [-0.15, -0.1) is 0 Å². The van der Waals surface area contributed by atoms with Crippen LogP contribution in [0.5, 0.6) is 0 Å². The molecule has 0 spiro atoms. The van der Waals surface area contributed by atoms with E-state index in [1.54, 1.807) is 12.1 Å². The van der Waals surface area contributed by atoms with Gasteiger partial charge < -0.3 is 10.3 Å². The largest absolute Gasteiger partial charge is 0.310 e. The van der Waals surface area contributed by atoms with Crippen LogP contribution in [0.25, 0.3) is 0 Å². The number of anilines is 1. The third-order valence-corrected chi connectivity index (χ3v) is 5.95. The average Bonchev–Trinajstić information content (AvgIpc) is 2.72. The number of benzene rings is 2. The van der Waals surface area contributed by atoms with Crippen molar-refractivity contribution in [1.29, 1.82) is 0 Å². The van der Waals surface area contributed by atoms with Crippen molar-refractivity contribution in [2.45, 2.75) is 36.6 Å². The molecular formula is C22H20FN3O2S. The molecule has 0 radical (unpaired) electrons. The highest BCUT2D eigenvalue weighted by atomic mass is 32.2. The van der Waals surface area contributed by atoms with Crippen LogP contribution in [0.3, 0.4) is 0 Å². The van der Waals surface area contributed by atoms with Crippen molar-refractivity contribution >= 4 is 23.5 Å². The molecule has 4 rings (SSSR count). The van der Waals surface area contributed by atoms with Gasteiger partial charge in [-0.25, -0.2) is 9.37 Å². The molecule has 0 saturated carbocycles. The monoisotopic (exact) mass is 409 g/mol. The van der Waals surface area contributed by atoms with Gasteiger partial charge in [0.05, 0.1) is 5.56 Å². The van der Waals surface area contributed by atoms with Crippen LogP contribution in [-0.4, -0.2) is 15.9 Å². The second-order valence-corrected chi connectivity index (χ2v) is 7.91. The highest BCUT2D eigenvalue weighted by Crippen LogP contribution is 2.34. The number of H-pyrrole nitrogens is 1. The number of aromatic nitrogens is 2. The Morgan fingerprint density at radius 1 is 1.07 bits per heavy atom. The van der Waals surface area contributed by atoms with Gasteiger partial charge in [-0.05, 0) is 35.2 Å². The van der Waals surface area contributed by atoms with E-state index >= 15 is 0 Å². The molecule has 1 amide bonds. The van der Waals surface area contributed by atoms with E-state index in [1.165, 1.54) is 29.5 Å². The Bertz CT molecular complexity index is 1090. The third kappa shape index (κ3) is 4.24. The first kappa shape index (κ1) is 19.4. The topological polar surface area (TPSA) is 74.8 Å². The molecule has 148 valence electrons. The minimum atomic E-state index is -0.322. The normalized spacial score (nSPS) is 15.7. The quantitative estimate of drug-likeness (QED) is 0.488. The number of halogens is 1. The number of carbonyl (C=O) groups excluding carboxylic acids is 1. The van der Waals surface area contributed by atoms with E-state index in [4.69, 9.17) is 0 Å². The van der Waals surface area contributed by atoms with Crippen molar-refractivity contribution in [3.05, 3.63) is 87.0 Å². The first-order chi connectivity index (χ1) is 14.0. The lowest BCUT2D eigenvalue weighted by molar-refractivity contribution is -0.116. The summed E-state index contributed by atoms with van der Waals surface area (Å²) in [6.07, 6.45) is 1.14. The lowest BCUT2D eigenvalue weighted by atomic mass is 9.86. The lowest BCUT2D eigenvalue weighted by Gasteiger charge is -2.24. The first-order valence-electron chi connectivity index (χ1n) is 9.43. The molecule has 0 saturated heterocycles. The third-order valence-electron chi connectivity index (χ3n) is 5.01. The van der Waals surface area contributed by atoms with Crippen molar-refractivity contribution in [2.75, 3.05) is 5.32 Å². The van der Waals surface area contributed by atoms with Gasteiger partial charge in [0.25, 0.3) is 5.56 Å². The summed E-state index contributed by atoms with van der Waals surface area (Å²) in [5.74, 6) is 0.0698. The standard InChI is InChI=1S/C22H20FN3O2S/c1-2-13-3-7-15(8-4-13)17-11-18(27)24-20-19(17)21(28)26-22(25-20)29-12-14-5-9-16(23)10-6-14/h3-10,17H,2,11-12H2,1H3,(H2,24,25,26,27,28). The number of hydrogen-bond donors (Lipinski definition) is 2. The zero-order valence-corrected chi connectivity index (χ0v) is 16.7. The molecule has 7 heteroatoms. The fourth-order valence-corrected chi connectivity index (χ4v) is 4.24. The maximum atomic E-state index is 13.0. The van der Waals surface area contributed by atoms with Gasteiger partial charge in [0.1, 0.15) is 11.6 Å². The predicted molar refractivity (Wildman–Crippen MR) is 112 cm³/mol. The highest BCUT2D eigenvalue weighted by Gasteiger charge is 2.30. The number of amides is 1. The Morgan fingerprint density at radius 2 is 1.76 bits per heavy atom. The number of nitrogens with one attached hydrogen (secondary N) is 2. The molecule has 3 aromatic rings. The Labute approximate surface area is 171 Å². The molecule has 1 aliphatic rings. The maximum absolute atomic E-state index is 13.0. The van der Waals surface area contributed by atoms with Gasteiger partial charge in [0.15, 0.2) is 5.16 Å². The summed E-state index contributed by atoms with van der Waals surface area (Å²) in [4.78, 5) is 32.4. The highest BCUT2D eigenvalue weighted by molar-refractivity contribution is 7.98. The van der Waals surface area contributed by atoms with Crippen molar-refractivity contribution in [2.24, 2.45) is 0 Å². The van der Waals surface area contributed by atoms with Crippen molar-refractivity contribution < 1.29 is 9.18 Å². The maximum Gasteiger partial charge on any atom is 0.257 e. The van der Waals surface area contributed by atoms with Crippen LogP contribution in [0.15, 0.2) is 58.5 Å². The molecular weight excluding hydrogens is 389 g/mol. The predicted octanol–water partition coefficient (Wildman–Crippen LogP) is 4.24. The molecule has 1 aliphatic heterocycles. The number of aryl methyl sites for hydroxylation is 1. The van der Waals surface area contributed by atoms with Crippen LogP contribution >= 0.6 is 11.8 Å². The molecule has 2 heterocycles. The van der Waals surface area contributed by atoms with E-state index in [9.17, 15) is 14.0 Å². The number of nitrogens with zero attached hydrogens (tertiary/aromatic N) is 1. The summed E-state index contributed by atoms with van der Waals surface area (Å²) in [5.41, 5.74) is 3.28. The van der Waals surface area contributed by atoms with E-state index in [0.29, 0.717) is 22.3 Å². The zero-order chi connectivity index (χ0) is 20.4. The summed E-state index contributed by atoms with van der Waals surface area (Å²) < 4.78 is 13.0. The number of hydrogen-bond acceptors (Lipinski definition) is 4. The van der Waals surface area contributed by atoms with Crippen LogP contribution in [-0.2, 0) is 17.0 Å². The zero-order valence-electron chi connectivity index (χ0n) is 15.9. The van der Waals surface area contributed by atoms with Crippen molar-refractivity contribution in [3.8, 4) is 0 Å². The van der Waals surface area contributed by atoms with Gasteiger partial charge in [-0.1, -0.05) is 55.1 Å². The smallest absolute Gasteiger partial charge is 0.257 e. The Balaban J connectivity index is 1.62. The van der Waals surface area contributed by atoms with Crippen LogP contribution in [0.4, 0.5) is 10.2 Å². The minimum absolute atomic E-state index is 0.158. The van der Waals surface area contributed by atoms with Gasteiger partial charge in [-0.2, -0.15) is 0 Å². The number of thioether (sulfide) groups is 1. The first-order valence-corrected chi connectivity index (χ1v) is 10.4. The minimum Gasteiger partial charge on any atom is -0.310 e. The van der Waals surface area contributed by atoms with Crippen molar-refractivity contribution in [1.82, 2.24) is 9.97 Å². The molecule has 29 heavy (non-hydrogen) atoms. The average molecular weight is 409 g/mol. The van der Waals surface area contributed by atoms with Gasteiger partial charge in [-0.3, -0.25) is 9.59 Å². The molecule has 1 aromatic heterocycles. The molecule has 2 N–H and O–H groups in total. The van der Waals surface area contributed by atoms with E-state index in [1.807, 2.05) is 24.3 Å². The number of rotatable bonds is 5. The number of aromatic amines is 1. The van der Waals surface area contributed by atoms with E-state index in [0.717, 1.165) is 17.5 Å². The van der Waals surface area contributed by atoms with E-state index in [2.05, 4.69) is 22.2 Å². The second-order valence-electron chi connectivity index (χ2n) is 6.95. The molecule has 2 aromatic carbocycles. The molecule has 0 aliphatic carbocycles. The molecule has 5 nitrogen and oxygen atoms in total. The summed E-state index contributed by atoms with van der Waals surface area (Å²) >= 11 is 1.33. The van der Waals surface area contributed by atoms with Crippen molar-refractivity contribution in [3.63, 3.8) is 0 Å². The Morgan fingerprint density at radius 3 is 2.45 bits per heavy atom. The Kier molecular flexibility index (Phi) is 5.49. The van der Waals surface area contributed by atoms with Crippen LogP contribution < -0.4 is 10.9 Å². The summed E-state index contributed by atoms with van der Waals surface area (Å²) in [6.45, 7) is 2.08. The SMILES string of the molecule is CCc1ccc(C2CC(=O)Nc3nc(SCc4ccc(F)cc4)[nH]c(=O)c32)cc1. The molecule has 0 fully saturated rings. The fourth-order valence-electron chi connectivity index (χ4n) is 3.42. The molecule has 0 bridgehead atoms. The summed E-state index contributed by atoms with van der Waals surface area (Å²) in [5, 5.41) is 3.15. The van der Waals surface area contributed by atoms with Gasteiger partial charge in [0, 0.05) is 18.1 Å². The Hall–Kier alpha value is -2.93. The second kappa shape index (κ2) is 8.21. The van der Waals surface area contributed by atoms with Crippen LogP contribution in [0.2, 0.25) is 0 Å². The molecule has 1 unspecified atom stereocenters. The number of fused-ring (bicyclic) bond motifs is 1. The van der Waals surface area contributed by atoms with Crippen LogP contribution in [0.1, 0.15) is 41.5 Å². The summed E-state index contributed by atoms with van der Waals surface area (Å²) in [6, 6.07) is 14.2. The summed E-state index contributed by atoms with van der Waals surface area (Å²) in [7, 11) is 0. The van der Waals surface area contributed by atoms with Gasteiger partial charge >= 0.3 is 0 Å². The van der Waals surface area contributed by atoms with Crippen LogP contribution in [0, 0.1) is 5.82 Å². The lowest BCUT2D eigenvalue weighted by Crippen LogP contribution is -2.31. The van der Waals surface area contributed by atoms with Gasteiger partial charge in [0.2, 0.25) is 5.91 Å². The number of carbonyl (C=O) groups is 1. The molecule has 1 atom stereocenters. The van der Waals surface area contributed by atoms with E-state index < -0.39 is 0 Å².